The second kappa shape index (κ2) is 8.65. The fraction of sp³-hybridized carbons (Fsp3) is 0.350. The molecule has 2 aromatic rings. The molecule has 1 saturated heterocycles. The zero-order chi connectivity index (χ0) is 19.3. The van der Waals surface area contributed by atoms with Crippen LogP contribution in [0.1, 0.15) is 30.9 Å². The van der Waals surface area contributed by atoms with Gasteiger partial charge in [-0.1, -0.05) is 24.3 Å². The fourth-order valence-corrected chi connectivity index (χ4v) is 4.63. The van der Waals surface area contributed by atoms with Gasteiger partial charge in [-0.3, -0.25) is 4.79 Å². The predicted octanol–water partition coefficient (Wildman–Crippen LogP) is 2.72. The van der Waals surface area contributed by atoms with E-state index in [-0.39, 0.29) is 5.91 Å². The topological polar surface area (TPSA) is 78.5 Å². The second-order valence-electron chi connectivity index (χ2n) is 6.74. The van der Waals surface area contributed by atoms with Crippen molar-refractivity contribution in [3.8, 4) is 0 Å². The van der Waals surface area contributed by atoms with Crippen molar-refractivity contribution in [3.63, 3.8) is 0 Å². The molecule has 144 valence electrons. The summed E-state index contributed by atoms with van der Waals surface area (Å²) in [6.45, 7) is 4.06. The van der Waals surface area contributed by atoms with Gasteiger partial charge in [-0.2, -0.15) is 4.31 Å². The van der Waals surface area contributed by atoms with Gasteiger partial charge in [0, 0.05) is 38.8 Å². The quantitative estimate of drug-likeness (QED) is 0.766. The third-order valence-electron chi connectivity index (χ3n) is 4.56. The lowest BCUT2D eigenvalue weighted by molar-refractivity contribution is -0.114. The van der Waals surface area contributed by atoms with Crippen molar-refractivity contribution < 1.29 is 13.2 Å². The molecular formula is C20H25N3O3S. The van der Waals surface area contributed by atoms with Gasteiger partial charge in [0.2, 0.25) is 15.9 Å². The highest BCUT2D eigenvalue weighted by Gasteiger charge is 2.26. The lowest BCUT2D eigenvalue weighted by atomic mass is 10.2. The molecule has 1 aliphatic rings. The van der Waals surface area contributed by atoms with Crippen molar-refractivity contribution in [2.45, 2.75) is 37.8 Å². The Hall–Kier alpha value is -2.22. The average molecular weight is 388 g/mol. The molecular weight excluding hydrogens is 362 g/mol. The van der Waals surface area contributed by atoms with Crippen molar-refractivity contribution >= 4 is 21.6 Å². The maximum absolute atomic E-state index is 12.5. The number of hydrogen-bond donors (Lipinski definition) is 2. The van der Waals surface area contributed by atoms with E-state index in [2.05, 4.69) is 10.6 Å². The van der Waals surface area contributed by atoms with E-state index in [0.717, 1.165) is 29.7 Å². The number of rotatable bonds is 7. The fourth-order valence-electron chi connectivity index (χ4n) is 3.12. The van der Waals surface area contributed by atoms with Gasteiger partial charge in [0.15, 0.2) is 0 Å². The molecule has 1 fully saturated rings. The van der Waals surface area contributed by atoms with Crippen LogP contribution in [-0.4, -0.2) is 31.7 Å². The number of amides is 1. The van der Waals surface area contributed by atoms with Crippen LogP contribution < -0.4 is 10.6 Å². The maximum atomic E-state index is 12.5. The van der Waals surface area contributed by atoms with Crippen LogP contribution in [0.25, 0.3) is 0 Å². The van der Waals surface area contributed by atoms with Gasteiger partial charge in [0.05, 0.1) is 4.90 Å². The molecule has 1 aliphatic heterocycles. The van der Waals surface area contributed by atoms with Crippen LogP contribution in [0.4, 0.5) is 5.69 Å². The predicted molar refractivity (Wildman–Crippen MR) is 106 cm³/mol. The van der Waals surface area contributed by atoms with E-state index < -0.39 is 10.0 Å². The van der Waals surface area contributed by atoms with E-state index in [0.29, 0.717) is 31.1 Å². The van der Waals surface area contributed by atoms with Crippen LogP contribution in [0, 0.1) is 0 Å². The number of nitrogens with zero attached hydrogens (tertiary/aromatic N) is 1. The minimum absolute atomic E-state index is 0.0870. The summed E-state index contributed by atoms with van der Waals surface area (Å²) in [7, 11) is -3.35. The van der Waals surface area contributed by atoms with Crippen molar-refractivity contribution in [2.24, 2.45) is 0 Å². The molecule has 0 aromatic heterocycles. The normalized spacial score (nSPS) is 15.0. The number of nitrogens with one attached hydrogen (secondary N) is 2. The molecule has 2 aromatic carbocycles. The molecule has 3 rings (SSSR count). The molecule has 0 aliphatic carbocycles. The first kappa shape index (κ1) is 19.5. The minimum atomic E-state index is -3.35. The van der Waals surface area contributed by atoms with E-state index in [4.69, 9.17) is 0 Å². The standard InChI is InChI=1S/C20H25N3O3S/c1-16(24)22-19-8-4-17(5-9-19)14-21-15-18-6-10-20(11-7-18)27(25,26)23-12-2-3-13-23/h4-11,21H,2-3,12-15H2,1H3,(H,22,24). The molecule has 0 unspecified atom stereocenters. The van der Waals surface area contributed by atoms with Crippen LogP contribution in [0.2, 0.25) is 0 Å². The number of carbonyl (C=O) groups excluding carboxylic acids is 1. The first-order valence-electron chi connectivity index (χ1n) is 9.11. The molecule has 27 heavy (non-hydrogen) atoms. The van der Waals surface area contributed by atoms with Crippen LogP contribution in [-0.2, 0) is 27.9 Å². The van der Waals surface area contributed by atoms with Gasteiger partial charge in [0.1, 0.15) is 0 Å². The maximum Gasteiger partial charge on any atom is 0.243 e. The molecule has 0 saturated carbocycles. The van der Waals surface area contributed by atoms with E-state index >= 15 is 0 Å². The third-order valence-corrected chi connectivity index (χ3v) is 6.47. The smallest absolute Gasteiger partial charge is 0.243 e. The monoisotopic (exact) mass is 387 g/mol. The second-order valence-corrected chi connectivity index (χ2v) is 8.67. The van der Waals surface area contributed by atoms with Crippen molar-refractivity contribution in [2.75, 3.05) is 18.4 Å². The van der Waals surface area contributed by atoms with E-state index in [1.165, 1.54) is 6.92 Å². The van der Waals surface area contributed by atoms with Crippen molar-refractivity contribution in [1.82, 2.24) is 9.62 Å². The van der Waals surface area contributed by atoms with Crippen molar-refractivity contribution in [1.29, 1.82) is 0 Å². The van der Waals surface area contributed by atoms with Gasteiger partial charge in [-0.05, 0) is 48.2 Å². The van der Waals surface area contributed by atoms with Crippen LogP contribution in [0.5, 0.6) is 0 Å². The SMILES string of the molecule is CC(=O)Nc1ccc(CNCc2ccc(S(=O)(=O)N3CCCC3)cc2)cc1. The number of hydrogen-bond acceptors (Lipinski definition) is 4. The molecule has 0 spiro atoms. The molecule has 0 atom stereocenters. The van der Waals surface area contributed by atoms with E-state index in [1.807, 2.05) is 36.4 Å². The summed E-state index contributed by atoms with van der Waals surface area (Å²) in [5, 5.41) is 6.08. The van der Waals surface area contributed by atoms with Gasteiger partial charge in [-0.15, -0.1) is 0 Å². The molecule has 2 N–H and O–H groups in total. The highest BCUT2D eigenvalue weighted by Crippen LogP contribution is 2.21. The Kier molecular flexibility index (Phi) is 6.26. The summed E-state index contributed by atoms with van der Waals surface area (Å²) in [4.78, 5) is 11.4. The zero-order valence-electron chi connectivity index (χ0n) is 15.4. The van der Waals surface area contributed by atoms with E-state index in [9.17, 15) is 13.2 Å². The van der Waals surface area contributed by atoms with Crippen LogP contribution in [0.15, 0.2) is 53.4 Å². The highest BCUT2D eigenvalue weighted by molar-refractivity contribution is 7.89. The largest absolute Gasteiger partial charge is 0.326 e. The Balaban J connectivity index is 1.52. The van der Waals surface area contributed by atoms with Gasteiger partial charge < -0.3 is 10.6 Å². The molecule has 7 heteroatoms. The average Bonchev–Trinajstić information content (AvgIpc) is 3.19. The Labute approximate surface area is 160 Å². The summed E-state index contributed by atoms with van der Waals surface area (Å²) in [5.74, 6) is -0.0870. The molecule has 0 bridgehead atoms. The highest BCUT2D eigenvalue weighted by atomic mass is 32.2. The summed E-state index contributed by atoms with van der Waals surface area (Å²) in [6.07, 6.45) is 1.88. The van der Waals surface area contributed by atoms with Gasteiger partial charge >= 0.3 is 0 Å². The first-order valence-corrected chi connectivity index (χ1v) is 10.6. The third kappa shape index (κ3) is 5.15. The Bertz CT molecular complexity index is 872. The van der Waals surface area contributed by atoms with Crippen LogP contribution >= 0.6 is 0 Å². The molecule has 6 nitrogen and oxygen atoms in total. The van der Waals surface area contributed by atoms with Crippen molar-refractivity contribution in [3.05, 3.63) is 59.7 Å². The number of anilines is 1. The molecule has 1 amide bonds. The first-order chi connectivity index (χ1) is 12.9. The Morgan fingerprint density at radius 1 is 0.926 bits per heavy atom. The summed E-state index contributed by atoms with van der Waals surface area (Å²) < 4.78 is 26.6. The van der Waals surface area contributed by atoms with Gasteiger partial charge in [-0.25, -0.2) is 8.42 Å². The summed E-state index contributed by atoms with van der Waals surface area (Å²) in [6, 6.07) is 14.8. The van der Waals surface area contributed by atoms with Crippen LogP contribution in [0.3, 0.4) is 0 Å². The minimum Gasteiger partial charge on any atom is -0.326 e. The molecule has 0 radical (unpaired) electrons. The number of carbonyl (C=O) groups is 1. The number of benzene rings is 2. The lowest BCUT2D eigenvalue weighted by Gasteiger charge is -2.15. The lowest BCUT2D eigenvalue weighted by Crippen LogP contribution is -2.27. The summed E-state index contributed by atoms with van der Waals surface area (Å²) in [5.41, 5.74) is 2.92. The zero-order valence-corrected chi connectivity index (χ0v) is 16.3. The summed E-state index contributed by atoms with van der Waals surface area (Å²) >= 11 is 0. The van der Waals surface area contributed by atoms with Gasteiger partial charge in [0.25, 0.3) is 0 Å². The number of sulfonamides is 1. The Morgan fingerprint density at radius 3 is 1.96 bits per heavy atom. The Morgan fingerprint density at radius 2 is 1.44 bits per heavy atom. The van der Waals surface area contributed by atoms with E-state index in [1.54, 1.807) is 16.4 Å². The molecule has 1 heterocycles.